The molecular weight excluding hydrogens is 474 g/mol. The lowest BCUT2D eigenvalue weighted by atomic mass is 10.2. The van der Waals surface area contributed by atoms with Gasteiger partial charge in [-0.2, -0.15) is 5.10 Å². The van der Waals surface area contributed by atoms with Crippen molar-refractivity contribution in [2.24, 2.45) is 0 Å². The van der Waals surface area contributed by atoms with Crippen LogP contribution in [0.5, 0.6) is 0 Å². The van der Waals surface area contributed by atoms with Crippen molar-refractivity contribution < 1.29 is 13.6 Å². The predicted molar refractivity (Wildman–Crippen MR) is 139 cm³/mol. The summed E-state index contributed by atoms with van der Waals surface area (Å²) in [6.45, 7) is 6.53. The van der Waals surface area contributed by atoms with Crippen molar-refractivity contribution in [1.82, 2.24) is 24.6 Å². The second kappa shape index (κ2) is 10.6. The fourth-order valence-corrected chi connectivity index (χ4v) is 4.75. The summed E-state index contributed by atoms with van der Waals surface area (Å²) in [5, 5.41) is 5.61. The van der Waals surface area contributed by atoms with Crippen LogP contribution in [-0.2, 0) is 6.42 Å². The van der Waals surface area contributed by atoms with E-state index in [0.29, 0.717) is 30.8 Å². The first kappa shape index (κ1) is 24.8. The maximum absolute atomic E-state index is 13.6. The van der Waals surface area contributed by atoms with Gasteiger partial charge >= 0.3 is 0 Å². The lowest BCUT2D eigenvalue weighted by molar-refractivity contribution is 0.0767. The highest BCUT2D eigenvalue weighted by molar-refractivity contribution is 5.94. The molecule has 1 amide bonds. The highest BCUT2D eigenvalue weighted by atomic mass is 19.1. The van der Waals surface area contributed by atoms with Gasteiger partial charge in [-0.25, -0.2) is 23.4 Å². The number of rotatable bonds is 6. The summed E-state index contributed by atoms with van der Waals surface area (Å²) in [6.07, 6.45) is 3.51. The first-order valence-corrected chi connectivity index (χ1v) is 12.8. The monoisotopic (exact) mass is 504 g/mol. The third kappa shape index (κ3) is 5.16. The van der Waals surface area contributed by atoms with E-state index in [9.17, 15) is 13.6 Å². The summed E-state index contributed by atoms with van der Waals surface area (Å²) >= 11 is 0. The van der Waals surface area contributed by atoms with E-state index in [4.69, 9.17) is 15.1 Å². The minimum atomic E-state index is -0.359. The number of aromatic nitrogens is 4. The molecule has 0 aliphatic carbocycles. The lowest BCUT2D eigenvalue weighted by Gasteiger charge is -2.24. The summed E-state index contributed by atoms with van der Waals surface area (Å²) in [7, 11) is 0. The molecule has 0 spiro atoms. The van der Waals surface area contributed by atoms with E-state index in [1.165, 1.54) is 36.4 Å². The third-order valence-corrected chi connectivity index (χ3v) is 6.73. The summed E-state index contributed by atoms with van der Waals surface area (Å²) in [5.74, 6) is 0.801. The Labute approximate surface area is 214 Å². The molecule has 0 unspecified atom stereocenters. The van der Waals surface area contributed by atoms with Gasteiger partial charge in [-0.15, -0.1) is 0 Å². The van der Waals surface area contributed by atoms with Crippen molar-refractivity contribution in [3.63, 3.8) is 0 Å². The van der Waals surface area contributed by atoms with Crippen molar-refractivity contribution >= 4 is 22.8 Å². The molecular formula is C28H30F2N6O. The Morgan fingerprint density at radius 3 is 2.32 bits per heavy atom. The quantitative estimate of drug-likeness (QED) is 0.366. The molecule has 2 aromatic heterocycles. The minimum absolute atomic E-state index is 0.0985. The fraction of sp³-hybridized carbons (Fsp3) is 0.357. The summed E-state index contributed by atoms with van der Waals surface area (Å²) < 4.78 is 28.7. The van der Waals surface area contributed by atoms with Crippen molar-refractivity contribution in [3.05, 3.63) is 77.2 Å². The second-order valence-electron chi connectivity index (χ2n) is 9.38. The molecule has 0 atom stereocenters. The van der Waals surface area contributed by atoms with Gasteiger partial charge in [-0.05, 0) is 68.3 Å². The molecule has 3 heterocycles. The predicted octanol–water partition coefficient (Wildman–Crippen LogP) is 5.10. The summed E-state index contributed by atoms with van der Waals surface area (Å²) in [5.41, 5.74) is 2.71. The third-order valence-electron chi connectivity index (χ3n) is 6.73. The highest BCUT2D eigenvalue weighted by Crippen LogP contribution is 2.30. The summed E-state index contributed by atoms with van der Waals surface area (Å²) in [6, 6.07) is 11.9. The zero-order chi connectivity index (χ0) is 25.9. The number of fused-ring (bicyclic) bond motifs is 1. The van der Waals surface area contributed by atoms with Gasteiger partial charge in [-0.1, -0.05) is 13.3 Å². The number of halogens is 2. The Balaban J connectivity index is 1.49. The molecule has 1 aliphatic rings. The SMILES string of the molecule is CCCCc1nc(N2CCCN(C(=O)c3ccc(F)cc3)CC2)c2c(C)nn(-c3ccc(F)cc3)c2n1. The van der Waals surface area contributed by atoms with Gasteiger partial charge in [0.25, 0.3) is 5.91 Å². The normalized spacial score (nSPS) is 14.3. The van der Waals surface area contributed by atoms with E-state index < -0.39 is 0 Å². The Kier molecular flexibility index (Phi) is 7.12. The number of carbonyl (C=O) groups excluding carboxylic acids is 1. The van der Waals surface area contributed by atoms with Crippen LogP contribution in [0.1, 0.15) is 48.1 Å². The number of hydrogen-bond donors (Lipinski definition) is 0. The topological polar surface area (TPSA) is 67.2 Å². The van der Waals surface area contributed by atoms with Gasteiger partial charge in [0.2, 0.25) is 0 Å². The van der Waals surface area contributed by atoms with Crippen LogP contribution >= 0.6 is 0 Å². The first-order chi connectivity index (χ1) is 17.9. The van der Waals surface area contributed by atoms with Crippen LogP contribution in [0.25, 0.3) is 16.7 Å². The summed E-state index contributed by atoms with van der Waals surface area (Å²) in [4.78, 5) is 26.9. The van der Waals surface area contributed by atoms with Crippen LogP contribution in [0.3, 0.4) is 0 Å². The molecule has 1 aliphatic heterocycles. The maximum Gasteiger partial charge on any atom is 0.253 e. The minimum Gasteiger partial charge on any atom is -0.354 e. The van der Waals surface area contributed by atoms with Gasteiger partial charge in [0.1, 0.15) is 23.3 Å². The Morgan fingerprint density at radius 1 is 0.919 bits per heavy atom. The number of nitrogens with zero attached hydrogens (tertiary/aromatic N) is 6. The molecule has 0 bridgehead atoms. The van der Waals surface area contributed by atoms with Crippen LogP contribution < -0.4 is 4.90 Å². The molecule has 9 heteroatoms. The Hall–Kier alpha value is -3.88. The van der Waals surface area contributed by atoms with Gasteiger partial charge in [0.15, 0.2) is 5.65 Å². The number of hydrogen-bond acceptors (Lipinski definition) is 5. The molecule has 4 aromatic rings. The van der Waals surface area contributed by atoms with Crippen LogP contribution in [0.2, 0.25) is 0 Å². The van der Waals surface area contributed by atoms with Crippen molar-refractivity contribution in [3.8, 4) is 5.69 Å². The van der Waals surface area contributed by atoms with E-state index in [-0.39, 0.29) is 17.5 Å². The van der Waals surface area contributed by atoms with Crippen LogP contribution in [-0.4, -0.2) is 56.7 Å². The molecule has 1 fully saturated rings. The van der Waals surface area contributed by atoms with Gasteiger partial charge in [0, 0.05) is 38.2 Å². The first-order valence-electron chi connectivity index (χ1n) is 12.8. The van der Waals surface area contributed by atoms with E-state index >= 15 is 0 Å². The highest BCUT2D eigenvalue weighted by Gasteiger charge is 2.25. The average molecular weight is 505 g/mol. The van der Waals surface area contributed by atoms with E-state index in [1.807, 2.05) is 11.8 Å². The number of anilines is 1. The molecule has 7 nitrogen and oxygen atoms in total. The molecule has 0 radical (unpaired) electrons. The van der Waals surface area contributed by atoms with Crippen LogP contribution in [0, 0.1) is 18.6 Å². The number of unbranched alkanes of at least 4 members (excludes halogenated alkanes) is 1. The van der Waals surface area contributed by atoms with Crippen molar-refractivity contribution in [2.75, 3.05) is 31.1 Å². The van der Waals surface area contributed by atoms with Gasteiger partial charge in [0.05, 0.1) is 16.8 Å². The van der Waals surface area contributed by atoms with Crippen LogP contribution in [0.4, 0.5) is 14.6 Å². The molecule has 5 rings (SSSR count). The Morgan fingerprint density at radius 2 is 1.62 bits per heavy atom. The molecule has 0 saturated carbocycles. The number of benzene rings is 2. The number of amides is 1. The van der Waals surface area contributed by atoms with Crippen molar-refractivity contribution in [2.45, 2.75) is 39.5 Å². The van der Waals surface area contributed by atoms with E-state index in [1.54, 1.807) is 16.8 Å². The Bertz CT molecular complexity index is 1400. The average Bonchev–Trinajstić information content (AvgIpc) is 3.07. The second-order valence-corrected chi connectivity index (χ2v) is 9.38. The van der Waals surface area contributed by atoms with E-state index in [2.05, 4.69) is 11.8 Å². The molecule has 2 aromatic carbocycles. The molecule has 1 saturated heterocycles. The molecule has 192 valence electrons. The smallest absolute Gasteiger partial charge is 0.253 e. The largest absolute Gasteiger partial charge is 0.354 e. The van der Waals surface area contributed by atoms with Gasteiger partial charge in [-0.3, -0.25) is 4.79 Å². The van der Waals surface area contributed by atoms with Crippen LogP contribution in [0.15, 0.2) is 48.5 Å². The number of carbonyl (C=O) groups is 1. The number of aryl methyl sites for hydroxylation is 2. The van der Waals surface area contributed by atoms with E-state index in [0.717, 1.165) is 60.6 Å². The van der Waals surface area contributed by atoms with Gasteiger partial charge < -0.3 is 9.80 Å². The molecule has 0 N–H and O–H groups in total. The van der Waals surface area contributed by atoms with Crippen molar-refractivity contribution in [1.29, 1.82) is 0 Å². The zero-order valence-corrected chi connectivity index (χ0v) is 21.1. The maximum atomic E-state index is 13.6. The molecule has 37 heavy (non-hydrogen) atoms. The lowest BCUT2D eigenvalue weighted by Crippen LogP contribution is -2.35. The standard InChI is InChI=1S/C28H30F2N6O/c1-3-4-6-24-31-26(25-19(2)33-36(27(25)32-24)23-13-11-22(30)12-14-23)34-15-5-16-35(18-17-34)28(37)20-7-9-21(29)10-8-20/h7-14H,3-6,15-18H2,1-2H3. The zero-order valence-electron chi connectivity index (χ0n) is 21.1. The fourth-order valence-electron chi connectivity index (χ4n) is 4.75.